The molecule has 3 rings (SSSR count). The fourth-order valence-corrected chi connectivity index (χ4v) is 4.68. The van der Waals surface area contributed by atoms with Crippen molar-refractivity contribution >= 4 is 12.0 Å². The first-order chi connectivity index (χ1) is 20.8. The van der Waals surface area contributed by atoms with Crippen LogP contribution in [0.4, 0.5) is 0 Å². The average Bonchev–Trinajstić information content (AvgIpc) is 2.99. The molecular formula is C31H44O13. The van der Waals surface area contributed by atoms with Crippen molar-refractivity contribution in [2.24, 2.45) is 0 Å². The van der Waals surface area contributed by atoms with Crippen molar-refractivity contribution < 1.29 is 64.2 Å². The van der Waals surface area contributed by atoms with Gasteiger partial charge in [0.2, 0.25) is 0 Å². The van der Waals surface area contributed by atoms with Crippen LogP contribution in [-0.2, 0) is 28.5 Å². The summed E-state index contributed by atoms with van der Waals surface area (Å²) >= 11 is 0. The molecule has 44 heavy (non-hydrogen) atoms. The molecular weight excluding hydrogens is 580 g/mol. The predicted molar refractivity (Wildman–Crippen MR) is 156 cm³/mol. The summed E-state index contributed by atoms with van der Waals surface area (Å²) in [4.78, 5) is 12.8. The zero-order valence-electron chi connectivity index (χ0n) is 25.0. The van der Waals surface area contributed by atoms with Gasteiger partial charge in [-0.1, -0.05) is 35.9 Å². The van der Waals surface area contributed by atoms with Gasteiger partial charge in [0, 0.05) is 6.08 Å². The van der Waals surface area contributed by atoms with Crippen molar-refractivity contribution in [2.75, 3.05) is 13.2 Å². The Bertz CT molecular complexity index is 1140. The molecule has 0 spiro atoms. The van der Waals surface area contributed by atoms with E-state index in [0.717, 1.165) is 11.6 Å². The van der Waals surface area contributed by atoms with E-state index < -0.39 is 80.1 Å². The lowest BCUT2D eigenvalue weighted by Crippen LogP contribution is -2.65. The minimum Gasteiger partial charge on any atom is -0.508 e. The molecule has 0 saturated carbocycles. The number of aliphatic hydroxyl groups excluding tert-OH is 6. The number of carbonyl (C=O) groups excluding carboxylic acids is 1. The fraction of sp³-hybridized carbons (Fsp3) is 0.581. The quantitative estimate of drug-likeness (QED) is 0.0897. The number of rotatable bonds is 13. The maximum absolute atomic E-state index is 12.8. The van der Waals surface area contributed by atoms with Gasteiger partial charge in [0.15, 0.2) is 18.7 Å². The van der Waals surface area contributed by atoms with Crippen LogP contribution in [0.5, 0.6) is 5.75 Å². The molecule has 7 N–H and O–H groups in total. The van der Waals surface area contributed by atoms with Gasteiger partial charge >= 0.3 is 5.97 Å². The number of hydrogen-bond acceptors (Lipinski definition) is 13. The zero-order chi connectivity index (χ0) is 32.6. The van der Waals surface area contributed by atoms with Crippen LogP contribution in [0.25, 0.3) is 6.08 Å². The number of carbonyl (C=O) groups is 1. The number of ether oxygens (including phenoxy) is 5. The molecule has 0 amide bonds. The summed E-state index contributed by atoms with van der Waals surface area (Å²) in [6.45, 7) is 8.07. The van der Waals surface area contributed by atoms with Crippen LogP contribution < -0.4 is 0 Å². The monoisotopic (exact) mass is 624 g/mol. The molecule has 13 heteroatoms. The van der Waals surface area contributed by atoms with Gasteiger partial charge in [0.25, 0.3) is 0 Å². The normalized spacial score (nSPS) is 33.7. The molecule has 2 fully saturated rings. The highest BCUT2D eigenvalue weighted by atomic mass is 16.7. The van der Waals surface area contributed by atoms with Gasteiger partial charge in [-0.15, -0.1) is 0 Å². The van der Waals surface area contributed by atoms with Crippen molar-refractivity contribution in [3.63, 3.8) is 0 Å². The lowest BCUT2D eigenvalue weighted by atomic mass is 9.97. The molecule has 2 saturated heterocycles. The first-order valence-electron chi connectivity index (χ1n) is 14.4. The molecule has 11 atom stereocenters. The summed E-state index contributed by atoms with van der Waals surface area (Å²) in [6.07, 6.45) is -9.79. The van der Waals surface area contributed by atoms with Gasteiger partial charge in [-0.3, -0.25) is 0 Å². The van der Waals surface area contributed by atoms with E-state index in [1.165, 1.54) is 25.1 Å². The van der Waals surface area contributed by atoms with Gasteiger partial charge in [-0.25, -0.2) is 4.79 Å². The lowest BCUT2D eigenvalue weighted by molar-refractivity contribution is -0.356. The molecule has 2 aliphatic rings. The third-order valence-electron chi connectivity index (χ3n) is 7.52. The summed E-state index contributed by atoms with van der Waals surface area (Å²) in [5, 5.41) is 71.7. The third kappa shape index (κ3) is 9.65. The number of benzene rings is 1. The number of esters is 1. The number of allylic oxidation sites excluding steroid dienone is 1. The second-order valence-electron chi connectivity index (χ2n) is 11.1. The molecule has 0 aromatic heterocycles. The first kappa shape index (κ1) is 35.8. The highest BCUT2D eigenvalue weighted by Gasteiger charge is 2.52. The first-order valence-corrected chi connectivity index (χ1v) is 14.4. The molecule has 2 aliphatic heterocycles. The Morgan fingerprint density at radius 3 is 2.32 bits per heavy atom. The molecule has 13 nitrogen and oxygen atoms in total. The predicted octanol–water partition coefficient (Wildman–Crippen LogP) is 0.288. The van der Waals surface area contributed by atoms with E-state index in [-0.39, 0.29) is 12.4 Å². The number of aromatic hydroxyl groups is 1. The average molecular weight is 625 g/mol. The number of aliphatic hydroxyl groups is 6. The van der Waals surface area contributed by atoms with E-state index in [2.05, 4.69) is 6.58 Å². The summed E-state index contributed by atoms with van der Waals surface area (Å²) in [5.74, 6) is -0.832. The maximum atomic E-state index is 12.8. The second-order valence-corrected chi connectivity index (χ2v) is 11.1. The number of phenols is 1. The topological polar surface area (TPSA) is 205 Å². The van der Waals surface area contributed by atoms with Crippen LogP contribution in [0, 0.1) is 0 Å². The number of hydrogen-bond donors (Lipinski definition) is 7. The Hall–Kier alpha value is -2.69. The Labute approximate surface area is 256 Å². The highest BCUT2D eigenvalue weighted by molar-refractivity contribution is 5.87. The smallest absolute Gasteiger partial charge is 0.331 e. The van der Waals surface area contributed by atoms with E-state index in [9.17, 15) is 40.5 Å². The standard InChI is InChI=1S/C31H44O13/c1-16(2)21(34)11-5-17(3)13-14-40-30-27(39)29(44-31-26(38)25(37)24(36)18(4)41-31)28(22(15-32)42-30)43-23(35)12-8-19-6-9-20(33)10-7-19/h6-10,12-13,18,21-22,24-34,36-39H,1,5,11,14-15H2,2-4H3/b12-8+,17-13+/t18-,21?,22+,24-,25+,26+,27+,28+,29+,30+,31-/m0/s1. The Kier molecular flexibility index (Phi) is 13.5. The molecule has 0 radical (unpaired) electrons. The molecule has 1 aromatic rings. The molecule has 0 bridgehead atoms. The largest absolute Gasteiger partial charge is 0.508 e. The summed E-state index contributed by atoms with van der Waals surface area (Å²) in [5.41, 5.74) is 2.13. The van der Waals surface area contributed by atoms with Crippen LogP contribution in [0.3, 0.4) is 0 Å². The Morgan fingerprint density at radius 1 is 1.00 bits per heavy atom. The third-order valence-corrected chi connectivity index (χ3v) is 7.52. The van der Waals surface area contributed by atoms with Gasteiger partial charge in [0.05, 0.1) is 25.4 Å². The van der Waals surface area contributed by atoms with Gasteiger partial charge in [0.1, 0.15) is 42.4 Å². The van der Waals surface area contributed by atoms with Crippen LogP contribution in [-0.4, -0.2) is 122 Å². The molecule has 0 aliphatic carbocycles. The number of phenolic OH excluding ortho intramolecular Hbond substituents is 1. The van der Waals surface area contributed by atoms with E-state index in [1.54, 1.807) is 25.1 Å². The maximum Gasteiger partial charge on any atom is 0.331 e. The molecule has 1 unspecified atom stereocenters. The molecule has 1 aromatic carbocycles. The zero-order valence-corrected chi connectivity index (χ0v) is 25.0. The van der Waals surface area contributed by atoms with Crippen LogP contribution in [0.15, 0.2) is 54.1 Å². The van der Waals surface area contributed by atoms with Crippen molar-refractivity contribution in [1.29, 1.82) is 0 Å². The second kappa shape index (κ2) is 16.6. The minimum atomic E-state index is -1.73. The van der Waals surface area contributed by atoms with Gasteiger partial charge in [-0.2, -0.15) is 0 Å². The SMILES string of the molecule is C=C(C)C(O)CC/C(C)=C/CO[C@@H]1O[C@H](CO)[C@@H](OC(=O)/C=C/c2ccc(O)cc2)[C@H](O[C@@H]2O[C@@H](C)[C@H](O)[C@@H](O)[C@H]2O)[C@H]1O. The van der Waals surface area contributed by atoms with Crippen molar-refractivity contribution in [3.8, 4) is 5.75 Å². The van der Waals surface area contributed by atoms with Gasteiger partial charge in [-0.05, 0) is 57.4 Å². The molecule has 246 valence electrons. The van der Waals surface area contributed by atoms with Crippen molar-refractivity contribution in [2.45, 2.75) is 101 Å². The summed E-state index contributed by atoms with van der Waals surface area (Å²) in [7, 11) is 0. The van der Waals surface area contributed by atoms with Gasteiger partial charge < -0.3 is 59.4 Å². The van der Waals surface area contributed by atoms with Crippen molar-refractivity contribution in [3.05, 3.63) is 59.7 Å². The fourth-order valence-electron chi connectivity index (χ4n) is 4.68. The van der Waals surface area contributed by atoms with E-state index in [4.69, 9.17) is 23.7 Å². The van der Waals surface area contributed by atoms with E-state index >= 15 is 0 Å². The minimum absolute atomic E-state index is 0.0219. The van der Waals surface area contributed by atoms with Crippen LogP contribution in [0.2, 0.25) is 0 Å². The summed E-state index contributed by atoms with van der Waals surface area (Å²) < 4.78 is 28.4. The molecule has 2 heterocycles. The Balaban J connectivity index is 1.77. The van der Waals surface area contributed by atoms with E-state index in [1.807, 2.05) is 6.92 Å². The summed E-state index contributed by atoms with van der Waals surface area (Å²) in [6, 6.07) is 6.01. The van der Waals surface area contributed by atoms with Crippen LogP contribution in [0.1, 0.15) is 39.2 Å². The lowest BCUT2D eigenvalue weighted by Gasteiger charge is -2.46. The Morgan fingerprint density at radius 2 is 1.68 bits per heavy atom. The van der Waals surface area contributed by atoms with Crippen molar-refractivity contribution in [1.82, 2.24) is 0 Å². The van der Waals surface area contributed by atoms with E-state index in [0.29, 0.717) is 24.0 Å². The van der Waals surface area contributed by atoms with Crippen LogP contribution >= 0.6 is 0 Å². The highest BCUT2D eigenvalue weighted by Crippen LogP contribution is 2.31.